The van der Waals surface area contributed by atoms with Gasteiger partial charge < -0.3 is 19.3 Å². The molecular weight excluding hydrogens is 363 g/mol. The molecule has 0 saturated carbocycles. The zero-order valence-corrected chi connectivity index (χ0v) is 16.9. The van der Waals surface area contributed by atoms with Crippen LogP contribution in [0, 0.1) is 29.5 Å². The van der Waals surface area contributed by atoms with E-state index in [0.29, 0.717) is 24.2 Å². The number of ether oxygens (including phenoxy) is 3. The second kappa shape index (κ2) is 9.73. The molecule has 0 fully saturated rings. The van der Waals surface area contributed by atoms with Crippen molar-refractivity contribution in [1.29, 1.82) is 0 Å². The molecule has 1 aliphatic rings. The van der Waals surface area contributed by atoms with Gasteiger partial charge in [0.05, 0.1) is 7.11 Å². The summed E-state index contributed by atoms with van der Waals surface area (Å²) in [5.74, 6) is -0.136. The molecule has 1 aromatic rings. The topological polar surface area (TPSA) is 65.0 Å². The van der Waals surface area contributed by atoms with E-state index in [1.165, 1.54) is 32.4 Å². The average Bonchev–Trinajstić information content (AvgIpc) is 2.68. The van der Waals surface area contributed by atoms with E-state index in [9.17, 15) is 14.3 Å². The van der Waals surface area contributed by atoms with Gasteiger partial charge in [-0.3, -0.25) is 4.79 Å². The van der Waals surface area contributed by atoms with E-state index in [-0.39, 0.29) is 47.7 Å². The Balaban J connectivity index is 2.28. The molecule has 0 bridgehead atoms. The number of methoxy groups -OCH3 is 2. The highest BCUT2D eigenvalue weighted by molar-refractivity contribution is 5.93. The molecule has 0 spiro atoms. The Morgan fingerprint density at radius 3 is 2.64 bits per heavy atom. The first-order valence-electron chi connectivity index (χ1n) is 9.37. The molecule has 1 aromatic carbocycles. The van der Waals surface area contributed by atoms with Crippen LogP contribution in [0.2, 0.25) is 0 Å². The lowest BCUT2D eigenvalue weighted by atomic mass is 9.72. The first kappa shape index (κ1) is 22.0. The molecule has 1 aliphatic carbocycles. The Morgan fingerprint density at radius 2 is 2.04 bits per heavy atom. The minimum absolute atomic E-state index is 0.00947. The lowest BCUT2D eigenvalue weighted by Crippen LogP contribution is -2.32. The molecule has 4 unspecified atom stereocenters. The van der Waals surface area contributed by atoms with Gasteiger partial charge >= 0.3 is 0 Å². The number of phenols is 1. The van der Waals surface area contributed by atoms with Crippen LogP contribution in [0.4, 0.5) is 4.39 Å². The Labute approximate surface area is 165 Å². The molecule has 1 N–H and O–H groups in total. The Hall–Kier alpha value is -2.34. The summed E-state index contributed by atoms with van der Waals surface area (Å²) in [6.45, 7) is 7.80. The highest BCUT2D eigenvalue weighted by Gasteiger charge is 2.36. The number of halogens is 1. The summed E-state index contributed by atoms with van der Waals surface area (Å²) >= 11 is 0. The summed E-state index contributed by atoms with van der Waals surface area (Å²) in [5.41, 5.74) is 0.391. The number of hydrogen-bond acceptors (Lipinski definition) is 5. The molecule has 0 heterocycles. The molecule has 0 amide bonds. The van der Waals surface area contributed by atoms with Gasteiger partial charge in [0.15, 0.2) is 24.1 Å². The molecule has 28 heavy (non-hydrogen) atoms. The summed E-state index contributed by atoms with van der Waals surface area (Å²) in [6, 6.07) is 2.57. The van der Waals surface area contributed by atoms with Gasteiger partial charge in [-0.25, -0.2) is 4.39 Å². The van der Waals surface area contributed by atoms with Crippen LogP contribution in [-0.4, -0.2) is 31.9 Å². The summed E-state index contributed by atoms with van der Waals surface area (Å²) in [6.07, 6.45) is 4.29. The third-order valence-electron chi connectivity index (χ3n) is 5.45. The van der Waals surface area contributed by atoms with Crippen LogP contribution in [0.5, 0.6) is 11.5 Å². The maximum Gasteiger partial charge on any atom is 0.188 e. The average molecular weight is 392 g/mol. The monoisotopic (exact) mass is 392 g/mol. The van der Waals surface area contributed by atoms with Crippen LogP contribution in [-0.2, 0) is 20.7 Å². The normalized spacial score (nSPS) is 21.6. The van der Waals surface area contributed by atoms with Gasteiger partial charge in [0.25, 0.3) is 0 Å². The maximum absolute atomic E-state index is 14.4. The lowest BCUT2D eigenvalue weighted by molar-refractivity contribution is -0.121. The molecular formula is C22H29FO5. The molecule has 0 saturated heterocycles. The van der Waals surface area contributed by atoms with Crippen LogP contribution < -0.4 is 4.74 Å². The van der Waals surface area contributed by atoms with Crippen LogP contribution >= 0.6 is 0 Å². The van der Waals surface area contributed by atoms with Crippen molar-refractivity contribution in [2.45, 2.75) is 26.7 Å². The smallest absolute Gasteiger partial charge is 0.188 e. The Bertz CT molecular complexity index is 743. The lowest BCUT2D eigenvalue weighted by Gasteiger charge is -2.34. The van der Waals surface area contributed by atoms with E-state index < -0.39 is 5.82 Å². The molecule has 4 atom stereocenters. The number of benzene rings is 1. The van der Waals surface area contributed by atoms with Crippen molar-refractivity contribution in [3.05, 3.63) is 48.0 Å². The number of carbonyl (C=O) groups is 1. The fraction of sp³-hybridized carbons (Fsp3) is 0.500. The summed E-state index contributed by atoms with van der Waals surface area (Å²) in [5, 5.41) is 9.99. The Morgan fingerprint density at radius 1 is 1.32 bits per heavy atom. The van der Waals surface area contributed by atoms with Crippen molar-refractivity contribution in [3.63, 3.8) is 0 Å². The minimum Gasteiger partial charge on any atom is -0.504 e. The second-order valence-electron chi connectivity index (χ2n) is 7.34. The van der Waals surface area contributed by atoms with Gasteiger partial charge in [0, 0.05) is 31.1 Å². The van der Waals surface area contributed by atoms with Crippen LogP contribution in [0.3, 0.4) is 0 Å². The highest BCUT2D eigenvalue weighted by atomic mass is 19.1. The van der Waals surface area contributed by atoms with Crippen molar-refractivity contribution in [2.24, 2.45) is 23.7 Å². The summed E-state index contributed by atoms with van der Waals surface area (Å²) < 4.78 is 30.0. The van der Waals surface area contributed by atoms with Gasteiger partial charge in [0.2, 0.25) is 0 Å². The Kier molecular flexibility index (Phi) is 7.63. The van der Waals surface area contributed by atoms with Crippen LogP contribution in [0.1, 0.15) is 25.8 Å². The molecule has 5 nitrogen and oxygen atoms in total. The van der Waals surface area contributed by atoms with E-state index in [1.807, 2.05) is 13.8 Å². The predicted molar refractivity (Wildman–Crippen MR) is 104 cm³/mol. The third kappa shape index (κ3) is 4.93. The van der Waals surface area contributed by atoms with Crippen molar-refractivity contribution in [1.82, 2.24) is 0 Å². The quantitative estimate of drug-likeness (QED) is 0.503. The second-order valence-corrected chi connectivity index (χ2v) is 7.34. The third-order valence-corrected chi connectivity index (χ3v) is 5.45. The summed E-state index contributed by atoms with van der Waals surface area (Å²) in [4.78, 5) is 12.5. The van der Waals surface area contributed by atoms with Crippen molar-refractivity contribution >= 4 is 5.78 Å². The number of hydrogen-bond donors (Lipinski definition) is 1. The van der Waals surface area contributed by atoms with Gasteiger partial charge in [-0.15, -0.1) is 6.58 Å². The zero-order valence-electron chi connectivity index (χ0n) is 16.9. The largest absolute Gasteiger partial charge is 0.504 e. The van der Waals surface area contributed by atoms with Gasteiger partial charge in [-0.2, -0.15) is 0 Å². The van der Waals surface area contributed by atoms with Gasteiger partial charge in [-0.05, 0) is 36.3 Å². The predicted octanol–water partition coefficient (Wildman–Crippen LogP) is 4.25. The fourth-order valence-electron chi connectivity index (χ4n) is 3.68. The standard InChI is InChI=1S/C22H29FO5/c1-6-13(2)16-9-17(21(11-19(16)24)28-12-26-4)14(3)7-15-8-20(25)22(27-5)10-18(15)23/h6,8,10-11,13-14,16-17,25H,1,7,9,12H2,2-5H3. The highest BCUT2D eigenvalue weighted by Crippen LogP contribution is 2.39. The van der Waals surface area contributed by atoms with Gasteiger partial charge in [0.1, 0.15) is 11.6 Å². The maximum atomic E-state index is 14.4. The molecule has 0 radical (unpaired) electrons. The molecule has 2 rings (SSSR count). The summed E-state index contributed by atoms with van der Waals surface area (Å²) in [7, 11) is 2.89. The molecule has 154 valence electrons. The van der Waals surface area contributed by atoms with Crippen LogP contribution in [0.25, 0.3) is 0 Å². The van der Waals surface area contributed by atoms with Gasteiger partial charge in [-0.1, -0.05) is 19.9 Å². The fourth-order valence-corrected chi connectivity index (χ4v) is 3.68. The van der Waals surface area contributed by atoms with Crippen molar-refractivity contribution in [2.75, 3.05) is 21.0 Å². The van der Waals surface area contributed by atoms with Crippen molar-refractivity contribution in [3.8, 4) is 11.5 Å². The molecule has 0 aliphatic heterocycles. The van der Waals surface area contributed by atoms with E-state index in [1.54, 1.807) is 6.08 Å². The number of rotatable bonds is 9. The molecule has 0 aromatic heterocycles. The number of carbonyl (C=O) groups excluding carboxylic acids is 1. The van der Waals surface area contributed by atoms with Crippen molar-refractivity contribution < 1.29 is 28.5 Å². The SMILES string of the molecule is C=CC(C)C1CC(C(C)Cc2cc(O)c(OC)cc2F)C(OCOC)=CC1=O. The number of phenolic OH excluding ortho intramolecular Hbond substituents is 1. The first-order chi connectivity index (χ1) is 13.3. The van der Waals surface area contributed by atoms with E-state index in [4.69, 9.17) is 14.2 Å². The number of allylic oxidation sites excluding steroid dienone is 3. The van der Waals surface area contributed by atoms with E-state index in [0.717, 1.165) is 0 Å². The number of ketones is 1. The minimum atomic E-state index is -0.437. The number of aromatic hydroxyl groups is 1. The van der Waals surface area contributed by atoms with E-state index >= 15 is 0 Å². The molecule has 6 heteroatoms. The zero-order chi connectivity index (χ0) is 20.8. The van der Waals surface area contributed by atoms with E-state index in [2.05, 4.69) is 6.58 Å². The first-order valence-corrected chi connectivity index (χ1v) is 9.37. The van der Waals surface area contributed by atoms with Crippen LogP contribution in [0.15, 0.2) is 36.6 Å².